The van der Waals surface area contributed by atoms with Crippen molar-refractivity contribution in [1.82, 2.24) is 19.9 Å². The molecule has 1 fully saturated rings. The Balaban J connectivity index is 1.54. The van der Waals surface area contributed by atoms with Gasteiger partial charge in [0.25, 0.3) is 0 Å². The molecule has 6 nitrogen and oxygen atoms in total. The van der Waals surface area contributed by atoms with Crippen LogP contribution in [0.15, 0.2) is 48.8 Å². The molecule has 1 saturated carbocycles. The number of pyridine rings is 1. The molecule has 7 heteroatoms. The number of nitrogens with one attached hydrogen (secondary N) is 1. The lowest BCUT2D eigenvalue weighted by atomic mass is 10.0. The molecular formula is C23H22FN5O. The number of hydrogen-bond donors (Lipinski definition) is 1. The van der Waals surface area contributed by atoms with E-state index in [1.54, 1.807) is 30.6 Å². The highest BCUT2D eigenvalue weighted by atomic mass is 19.1. The Hall–Kier alpha value is -3.35. The number of para-hydroxylation sites is 1. The summed E-state index contributed by atoms with van der Waals surface area (Å²) in [4.78, 5) is 28.2. The van der Waals surface area contributed by atoms with Crippen LogP contribution in [0.25, 0.3) is 11.4 Å². The van der Waals surface area contributed by atoms with Crippen molar-refractivity contribution in [3.8, 4) is 11.4 Å². The largest absolute Gasteiger partial charge is 0.338 e. The number of rotatable bonds is 4. The van der Waals surface area contributed by atoms with E-state index in [0.717, 1.165) is 23.2 Å². The first kappa shape index (κ1) is 18.7. The van der Waals surface area contributed by atoms with E-state index in [1.165, 1.54) is 6.07 Å². The van der Waals surface area contributed by atoms with Gasteiger partial charge in [-0.15, -0.1) is 0 Å². The zero-order valence-electron chi connectivity index (χ0n) is 16.7. The molecule has 0 unspecified atom stereocenters. The molecule has 2 aromatic heterocycles. The minimum Gasteiger partial charge on any atom is -0.338 e. The number of carbonyl (C=O) groups is 1. The van der Waals surface area contributed by atoms with E-state index in [0.29, 0.717) is 42.8 Å². The zero-order chi connectivity index (χ0) is 20.7. The maximum absolute atomic E-state index is 14.3. The van der Waals surface area contributed by atoms with Gasteiger partial charge in [0.2, 0.25) is 5.91 Å². The Kier molecular flexibility index (Phi) is 4.65. The fourth-order valence-corrected chi connectivity index (χ4v) is 3.93. The number of aromatic nitrogens is 3. The number of hydrogen-bond acceptors (Lipinski definition) is 5. The van der Waals surface area contributed by atoms with Crippen LogP contribution in [0.3, 0.4) is 0 Å². The standard InChI is InChI=1S/C23H22FN5O/c1-14-12-16(14)23(30)29-11-8-19-17(13-29)22(27-20-5-3-2-4-18(20)24)28-21(26-19)15-6-9-25-10-7-15/h2-7,9-10,14,16H,8,11-13H2,1H3,(H,26,27,28)/t14-,16-/m0/s1. The van der Waals surface area contributed by atoms with Crippen molar-refractivity contribution >= 4 is 17.4 Å². The Morgan fingerprint density at radius 2 is 1.93 bits per heavy atom. The fourth-order valence-electron chi connectivity index (χ4n) is 3.93. The van der Waals surface area contributed by atoms with Gasteiger partial charge in [-0.2, -0.15) is 0 Å². The summed E-state index contributed by atoms with van der Waals surface area (Å²) in [6, 6.07) is 10.2. The van der Waals surface area contributed by atoms with Crippen LogP contribution < -0.4 is 5.32 Å². The van der Waals surface area contributed by atoms with Crippen LogP contribution in [0.5, 0.6) is 0 Å². The van der Waals surface area contributed by atoms with E-state index in [2.05, 4.69) is 17.2 Å². The molecule has 1 amide bonds. The number of nitrogens with zero attached hydrogens (tertiary/aromatic N) is 4. The molecule has 0 saturated heterocycles. The van der Waals surface area contributed by atoms with Gasteiger partial charge >= 0.3 is 0 Å². The summed E-state index contributed by atoms with van der Waals surface area (Å²) in [5.41, 5.74) is 2.93. The third kappa shape index (κ3) is 3.51. The lowest BCUT2D eigenvalue weighted by Gasteiger charge is -2.30. The molecular weight excluding hydrogens is 381 g/mol. The molecule has 0 spiro atoms. The van der Waals surface area contributed by atoms with Gasteiger partial charge in [0.15, 0.2) is 5.82 Å². The average Bonchev–Trinajstić information content (AvgIpc) is 3.51. The summed E-state index contributed by atoms with van der Waals surface area (Å²) < 4.78 is 14.3. The molecule has 1 aromatic carbocycles. The van der Waals surface area contributed by atoms with Gasteiger partial charge in [0.1, 0.15) is 11.6 Å². The predicted molar refractivity (Wildman–Crippen MR) is 111 cm³/mol. The topological polar surface area (TPSA) is 71.0 Å². The molecule has 5 rings (SSSR count). The van der Waals surface area contributed by atoms with Crippen LogP contribution in [-0.2, 0) is 17.8 Å². The van der Waals surface area contributed by atoms with Crippen LogP contribution in [0.1, 0.15) is 24.6 Å². The summed E-state index contributed by atoms with van der Waals surface area (Å²) in [5, 5.41) is 3.14. The smallest absolute Gasteiger partial charge is 0.226 e. The molecule has 2 atom stereocenters. The minimum atomic E-state index is -0.356. The Labute approximate surface area is 174 Å². The third-order valence-corrected chi connectivity index (χ3v) is 5.86. The first-order chi connectivity index (χ1) is 14.6. The number of amides is 1. The highest BCUT2D eigenvalue weighted by Crippen LogP contribution is 2.40. The predicted octanol–water partition coefficient (Wildman–Crippen LogP) is 3.96. The van der Waals surface area contributed by atoms with Gasteiger partial charge in [-0.3, -0.25) is 9.78 Å². The molecule has 1 aliphatic heterocycles. The van der Waals surface area contributed by atoms with Crippen LogP contribution in [-0.4, -0.2) is 32.3 Å². The molecule has 0 bridgehead atoms. The molecule has 30 heavy (non-hydrogen) atoms. The lowest BCUT2D eigenvalue weighted by Crippen LogP contribution is -2.38. The van der Waals surface area contributed by atoms with Gasteiger partial charge in [0.05, 0.1) is 17.9 Å². The van der Waals surface area contributed by atoms with E-state index in [4.69, 9.17) is 9.97 Å². The second-order valence-corrected chi connectivity index (χ2v) is 7.99. The summed E-state index contributed by atoms with van der Waals surface area (Å²) in [6.07, 6.45) is 4.99. The van der Waals surface area contributed by atoms with E-state index in [1.807, 2.05) is 17.0 Å². The van der Waals surface area contributed by atoms with Crippen molar-refractivity contribution < 1.29 is 9.18 Å². The van der Waals surface area contributed by atoms with Crippen molar-refractivity contribution in [2.24, 2.45) is 11.8 Å². The van der Waals surface area contributed by atoms with Crippen molar-refractivity contribution in [3.63, 3.8) is 0 Å². The van der Waals surface area contributed by atoms with E-state index >= 15 is 0 Å². The number of anilines is 2. The Morgan fingerprint density at radius 3 is 2.67 bits per heavy atom. The number of halogens is 1. The van der Waals surface area contributed by atoms with Gasteiger partial charge < -0.3 is 10.2 Å². The number of fused-ring (bicyclic) bond motifs is 1. The highest BCUT2D eigenvalue weighted by molar-refractivity contribution is 5.82. The molecule has 1 N–H and O–H groups in total. The highest BCUT2D eigenvalue weighted by Gasteiger charge is 2.42. The van der Waals surface area contributed by atoms with E-state index in [9.17, 15) is 9.18 Å². The quantitative estimate of drug-likeness (QED) is 0.714. The van der Waals surface area contributed by atoms with Crippen molar-refractivity contribution in [3.05, 3.63) is 65.9 Å². The second kappa shape index (κ2) is 7.48. The maximum atomic E-state index is 14.3. The molecule has 3 aromatic rings. The maximum Gasteiger partial charge on any atom is 0.226 e. The summed E-state index contributed by atoms with van der Waals surface area (Å²) >= 11 is 0. The zero-order valence-corrected chi connectivity index (χ0v) is 16.7. The van der Waals surface area contributed by atoms with Crippen molar-refractivity contribution in [1.29, 1.82) is 0 Å². The van der Waals surface area contributed by atoms with E-state index in [-0.39, 0.29) is 17.6 Å². The van der Waals surface area contributed by atoms with Crippen LogP contribution in [0.4, 0.5) is 15.9 Å². The Morgan fingerprint density at radius 1 is 1.17 bits per heavy atom. The third-order valence-electron chi connectivity index (χ3n) is 5.86. The number of carbonyl (C=O) groups excluding carboxylic acids is 1. The SMILES string of the molecule is C[C@H]1C[C@@H]1C(=O)N1CCc2nc(-c3ccncc3)nc(Nc3ccccc3F)c2C1. The van der Waals surface area contributed by atoms with Crippen LogP contribution in [0.2, 0.25) is 0 Å². The molecule has 1 aliphatic carbocycles. The normalized spacial score (nSPS) is 19.9. The van der Waals surface area contributed by atoms with Crippen molar-refractivity contribution in [2.45, 2.75) is 26.3 Å². The van der Waals surface area contributed by atoms with Crippen LogP contribution >= 0.6 is 0 Å². The first-order valence-corrected chi connectivity index (χ1v) is 10.2. The van der Waals surface area contributed by atoms with E-state index < -0.39 is 0 Å². The van der Waals surface area contributed by atoms with Gasteiger partial charge in [-0.05, 0) is 36.6 Å². The average molecular weight is 403 g/mol. The fraction of sp³-hybridized carbons (Fsp3) is 0.304. The minimum absolute atomic E-state index is 0.131. The van der Waals surface area contributed by atoms with Gasteiger partial charge in [-0.25, -0.2) is 14.4 Å². The first-order valence-electron chi connectivity index (χ1n) is 10.2. The lowest BCUT2D eigenvalue weighted by molar-refractivity contribution is -0.133. The molecule has 152 valence electrons. The summed E-state index contributed by atoms with van der Waals surface area (Å²) in [6.45, 7) is 3.18. The van der Waals surface area contributed by atoms with Gasteiger partial charge in [-0.1, -0.05) is 19.1 Å². The van der Waals surface area contributed by atoms with Gasteiger partial charge in [0, 0.05) is 42.4 Å². The molecule has 3 heterocycles. The summed E-state index contributed by atoms with van der Waals surface area (Å²) in [5.74, 6) is 1.53. The monoisotopic (exact) mass is 403 g/mol. The Bertz CT molecular complexity index is 1100. The van der Waals surface area contributed by atoms with Crippen LogP contribution in [0, 0.1) is 17.7 Å². The summed E-state index contributed by atoms with van der Waals surface area (Å²) in [7, 11) is 0. The second-order valence-electron chi connectivity index (χ2n) is 7.99. The number of benzene rings is 1. The molecule has 2 aliphatic rings. The molecule has 0 radical (unpaired) electrons. The van der Waals surface area contributed by atoms with Crippen molar-refractivity contribution in [2.75, 3.05) is 11.9 Å².